The van der Waals surface area contributed by atoms with Crippen LogP contribution in [0, 0.1) is 12.7 Å². The molecule has 9 heteroatoms. The number of fused-ring (bicyclic) bond motifs is 1. The van der Waals surface area contributed by atoms with E-state index in [0.29, 0.717) is 41.9 Å². The SMILES string of the molecule is Cc1cc(-c2ncnn2C)c2cccc(OCc3c(Cl)cc(F)cc3CN3CCCCC3=O)c2n1. The van der Waals surface area contributed by atoms with Gasteiger partial charge in [-0.2, -0.15) is 5.10 Å². The number of pyridine rings is 1. The molecule has 0 spiro atoms. The monoisotopic (exact) mass is 493 g/mol. The van der Waals surface area contributed by atoms with Crippen molar-refractivity contribution >= 4 is 28.4 Å². The van der Waals surface area contributed by atoms with Gasteiger partial charge in [0.15, 0.2) is 5.82 Å². The number of hydrogen-bond donors (Lipinski definition) is 0. The summed E-state index contributed by atoms with van der Waals surface area (Å²) in [4.78, 5) is 23.2. The van der Waals surface area contributed by atoms with Gasteiger partial charge >= 0.3 is 0 Å². The van der Waals surface area contributed by atoms with Gasteiger partial charge in [-0.3, -0.25) is 4.79 Å². The molecule has 2 aromatic heterocycles. The average molecular weight is 494 g/mol. The molecule has 0 aliphatic carbocycles. The fraction of sp³-hybridized carbons (Fsp3) is 0.308. The molecule has 4 aromatic rings. The molecule has 1 aliphatic heterocycles. The summed E-state index contributed by atoms with van der Waals surface area (Å²) in [7, 11) is 1.84. The van der Waals surface area contributed by atoms with Crippen molar-refractivity contribution in [2.75, 3.05) is 6.54 Å². The molecule has 0 radical (unpaired) electrons. The van der Waals surface area contributed by atoms with Crippen molar-refractivity contribution in [3.05, 3.63) is 70.4 Å². The number of para-hydroxylation sites is 1. The molecule has 180 valence electrons. The molecule has 0 atom stereocenters. The van der Waals surface area contributed by atoms with Gasteiger partial charge in [0.2, 0.25) is 5.91 Å². The quantitative estimate of drug-likeness (QED) is 0.368. The van der Waals surface area contributed by atoms with Crippen molar-refractivity contribution in [2.24, 2.45) is 7.05 Å². The Kier molecular flexibility index (Phi) is 6.38. The Balaban J connectivity index is 1.49. The van der Waals surface area contributed by atoms with Crippen molar-refractivity contribution in [3.8, 4) is 17.1 Å². The summed E-state index contributed by atoms with van der Waals surface area (Å²) in [6, 6.07) is 10.4. The van der Waals surface area contributed by atoms with Crippen LogP contribution in [-0.2, 0) is 25.0 Å². The number of aryl methyl sites for hydroxylation is 2. The molecule has 0 unspecified atom stereocenters. The predicted molar refractivity (Wildman–Crippen MR) is 131 cm³/mol. The molecule has 0 bridgehead atoms. The van der Waals surface area contributed by atoms with Crippen LogP contribution < -0.4 is 4.74 Å². The van der Waals surface area contributed by atoms with Gasteiger partial charge in [0.25, 0.3) is 0 Å². The molecule has 1 aliphatic rings. The minimum absolute atomic E-state index is 0.0773. The number of ether oxygens (including phenoxy) is 1. The Morgan fingerprint density at radius 1 is 1.20 bits per heavy atom. The highest BCUT2D eigenvalue weighted by Gasteiger charge is 2.21. The van der Waals surface area contributed by atoms with Crippen molar-refractivity contribution < 1.29 is 13.9 Å². The van der Waals surface area contributed by atoms with Crippen molar-refractivity contribution in [1.82, 2.24) is 24.6 Å². The Morgan fingerprint density at radius 3 is 2.83 bits per heavy atom. The van der Waals surface area contributed by atoms with E-state index in [1.54, 1.807) is 9.58 Å². The van der Waals surface area contributed by atoms with Crippen LogP contribution in [0.2, 0.25) is 5.02 Å². The van der Waals surface area contributed by atoms with E-state index < -0.39 is 5.82 Å². The highest BCUT2D eigenvalue weighted by molar-refractivity contribution is 6.31. The molecule has 3 heterocycles. The second kappa shape index (κ2) is 9.62. The molecule has 7 nitrogen and oxygen atoms in total. The number of piperidine rings is 1. The summed E-state index contributed by atoms with van der Waals surface area (Å²) in [6.07, 6.45) is 3.86. The highest BCUT2D eigenvalue weighted by atomic mass is 35.5. The summed E-state index contributed by atoms with van der Waals surface area (Å²) in [5.74, 6) is 0.949. The Morgan fingerprint density at radius 2 is 2.06 bits per heavy atom. The number of nitrogens with zero attached hydrogens (tertiary/aromatic N) is 5. The molecule has 1 amide bonds. The van der Waals surface area contributed by atoms with E-state index in [9.17, 15) is 9.18 Å². The van der Waals surface area contributed by atoms with Crippen LogP contribution in [0.1, 0.15) is 36.1 Å². The summed E-state index contributed by atoms with van der Waals surface area (Å²) in [5.41, 5.74) is 3.72. The van der Waals surface area contributed by atoms with E-state index >= 15 is 0 Å². The summed E-state index contributed by atoms with van der Waals surface area (Å²) < 4.78 is 22.2. The molecular formula is C26H25ClFN5O2. The second-order valence-electron chi connectivity index (χ2n) is 8.76. The van der Waals surface area contributed by atoms with Crippen LogP contribution in [-0.4, -0.2) is 37.1 Å². The summed E-state index contributed by atoms with van der Waals surface area (Å²) in [6.45, 7) is 2.99. The van der Waals surface area contributed by atoms with Crippen LogP contribution in [0.4, 0.5) is 4.39 Å². The minimum atomic E-state index is -0.436. The lowest BCUT2D eigenvalue weighted by molar-refractivity contribution is -0.133. The van der Waals surface area contributed by atoms with Gasteiger partial charge in [0.05, 0.1) is 5.02 Å². The van der Waals surface area contributed by atoms with E-state index in [-0.39, 0.29) is 17.5 Å². The van der Waals surface area contributed by atoms with Gasteiger partial charge in [-0.1, -0.05) is 23.7 Å². The lowest BCUT2D eigenvalue weighted by atomic mass is 10.0. The second-order valence-corrected chi connectivity index (χ2v) is 9.16. The largest absolute Gasteiger partial charge is 0.487 e. The highest BCUT2D eigenvalue weighted by Crippen LogP contribution is 2.33. The van der Waals surface area contributed by atoms with E-state index in [1.165, 1.54) is 18.5 Å². The number of carbonyl (C=O) groups is 1. The molecule has 0 N–H and O–H groups in total. The van der Waals surface area contributed by atoms with Crippen LogP contribution in [0.5, 0.6) is 5.75 Å². The zero-order valence-corrected chi connectivity index (χ0v) is 20.3. The number of amides is 1. The molecule has 1 fully saturated rings. The first-order valence-electron chi connectivity index (χ1n) is 11.5. The zero-order valence-electron chi connectivity index (χ0n) is 19.6. The third-order valence-corrected chi connectivity index (χ3v) is 6.63. The summed E-state index contributed by atoms with van der Waals surface area (Å²) >= 11 is 6.45. The van der Waals surface area contributed by atoms with Crippen LogP contribution >= 0.6 is 11.6 Å². The van der Waals surface area contributed by atoms with Crippen LogP contribution in [0.25, 0.3) is 22.3 Å². The number of aromatic nitrogens is 4. The third kappa shape index (κ3) is 4.71. The molecule has 5 rings (SSSR count). The lowest BCUT2D eigenvalue weighted by Crippen LogP contribution is -2.35. The fourth-order valence-electron chi connectivity index (χ4n) is 4.54. The van der Waals surface area contributed by atoms with E-state index in [4.69, 9.17) is 21.3 Å². The normalized spacial score (nSPS) is 14.1. The maximum absolute atomic E-state index is 14.2. The number of rotatable bonds is 6. The number of likely N-dealkylation sites (tertiary alicyclic amines) is 1. The topological polar surface area (TPSA) is 73.1 Å². The van der Waals surface area contributed by atoms with Gasteiger partial charge in [-0.25, -0.2) is 19.0 Å². The van der Waals surface area contributed by atoms with E-state index in [2.05, 4.69) is 10.1 Å². The molecule has 1 saturated heterocycles. The molecule has 0 saturated carbocycles. The lowest BCUT2D eigenvalue weighted by Gasteiger charge is -2.28. The Bertz CT molecular complexity index is 1420. The smallest absolute Gasteiger partial charge is 0.222 e. The van der Waals surface area contributed by atoms with Gasteiger partial charge < -0.3 is 9.64 Å². The number of benzene rings is 2. The van der Waals surface area contributed by atoms with Gasteiger partial charge in [-0.15, -0.1) is 0 Å². The Hall–Kier alpha value is -3.52. The maximum atomic E-state index is 14.2. The number of halogens is 2. The molecule has 2 aromatic carbocycles. The Labute approximate surface area is 207 Å². The third-order valence-electron chi connectivity index (χ3n) is 6.29. The van der Waals surface area contributed by atoms with E-state index in [1.807, 2.05) is 38.2 Å². The predicted octanol–water partition coefficient (Wildman–Crippen LogP) is 5.22. The van der Waals surface area contributed by atoms with Crippen LogP contribution in [0.15, 0.2) is 42.7 Å². The number of carbonyl (C=O) groups excluding carboxylic acids is 1. The maximum Gasteiger partial charge on any atom is 0.222 e. The molecule has 35 heavy (non-hydrogen) atoms. The van der Waals surface area contributed by atoms with Crippen molar-refractivity contribution in [1.29, 1.82) is 0 Å². The minimum Gasteiger partial charge on any atom is -0.487 e. The summed E-state index contributed by atoms with van der Waals surface area (Å²) in [5, 5.41) is 5.34. The first-order valence-corrected chi connectivity index (χ1v) is 11.9. The van der Waals surface area contributed by atoms with Crippen molar-refractivity contribution in [3.63, 3.8) is 0 Å². The van der Waals surface area contributed by atoms with Gasteiger partial charge in [0.1, 0.15) is 30.0 Å². The fourth-order valence-corrected chi connectivity index (χ4v) is 4.82. The zero-order chi connectivity index (χ0) is 24.5. The van der Waals surface area contributed by atoms with E-state index in [0.717, 1.165) is 35.3 Å². The van der Waals surface area contributed by atoms with Crippen LogP contribution in [0.3, 0.4) is 0 Å². The van der Waals surface area contributed by atoms with Gasteiger partial charge in [-0.05, 0) is 49.6 Å². The van der Waals surface area contributed by atoms with Gasteiger partial charge in [0, 0.05) is 48.8 Å². The number of hydrogen-bond acceptors (Lipinski definition) is 5. The van der Waals surface area contributed by atoms with Crippen molar-refractivity contribution in [2.45, 2.75) is 39.3 Å². The first kappa shape index (κ1) is 23.2. The molecular weight excluding hydrogens is 469 g/mol. The standard InChI is InChI=1S/C26H25ClFN5O2/c1-16-10-20(26-29-15-30-32(26)2)19-6-5-7-23(25(19)31-16)35-14-21-17(11-18(28)12-22(21)27)13-33-9-4-3-8-24(33)34/h5-7,10-12,15H,3-4,8-9,13-14H2,1-2H3. The average Bonchev–Trinajstić information content (AvgIpc) is 3.25. The first-order chi connectivity index (χ1) is 16.9.